The van der Waals surface area contributed by atoms with Gasteiger partial charge in [-0.25, -0.2) is 23.3 Å². The first-order valence-corrected chi connectivity index (χ1v) is 7.84. The van der Waals surface area contributed by atoms with Gasteiger partial charge < -0.3 is 5.73 Å². The third-order valence-electron chi connectivity index (χ3n) is 4.76. The number of aromatic nitrogens is 4. The van der Waals surface area contributed by atoms with Crippen LogP contribution in [-0.4, -0.2) is 31.7 Å². The Morgan fingerprint density at radius 2 is 2.12 bits per heavy atom. The van der Waals surface area contributed by atoms with E-state index in [2.05, 4.69) is 20.1 Å². The molecule has 0 saturated heterocycles. The molecule has 0 saturated carbocycles. The molecule has 6 nitrogen and oxygen atoms in total. The number of nitrogen functional groups attached to an aromatic ring is 1. The van der Waals surface area contributed by atoms with Crippen LogP contribution in [0, 0.1) is 0 Å². The van der Waals surface area contributed by atoms with Gasteiger partial charge in [0.15, 0.2) is 0 Å². The number of anilines is 1. The van der Waals surface area contributed by atoms with E-state index in [1.165, 1.54) is 0 Å². The molecule has 1 aliphatic heterocycles. The Morgan fingerprint density at radius 1 is 1.32 bits per heavy atom. The Kier molecular flexibility index (Phi) is 3.31. The molecule has 4 rings (SSSR count). The maximum atomic E-state index is 13.1. The maximum Gasteiger partial charge on any atom is 0.239 e. The highest BCUT2D eigenvalue weighted by Crippen LogP contribution is 2.43. The summed E-state index contributed by atoms with van der Waals surface area (Å²) in [6.07, 6.45) is 0.644. The third-order valence-corrected chi connectivity index (χ3v) is 4.76. The van der Waals surface area contributed by atoms with Crippen LogP contribution in [-0.2, 0) is 5.41 Å². The van der Waals surface area contributed by atoms with E-state index in [0.717, 1.165) is 11.1 Å². The minimum Gasteiger partial charge on any atom is -0.367 e. The average molecular weight is 344 g/mol. The van der Waals surface area contributed by atoms with Gasteiger partial charge in [-0.1, -0.05) is 0 Å². The lowest BCUT2D eigenvalue weighted by molar-refractivity contribution is 0.121. The number of fused-ring (bicyclic) bond motifs is 2. The largest absolute Gasteiger partial charge is 0.367 e. The third kappa shape index (κ3) is 2.36. The first-order chi connectivity index (χ1) is 11.9. The van der Waals surface area contributed by atoms with Crippen molar-refractivity contribution in [2.24, 2.45) is 4.99 Å². The van der Waals surface area contributed by atoms with Crippen LogP contribution in [0.4, 0.5) is 20.4 Å². The van der Waals surface area contributed by atoms with Crippen LogP contribution in [0.25, 0.3) is 16.8 Å². The van der Waals surface area contributed by atoms with Crippen molar-refractivity contribution in [3.8, 4) is 11.3 Å². The first kappa shape index (κ1) is 15.6. The van der Waals surface area contributed by atoms with E-state index in [1.54, 1.807) is 30.8 Å². The fourth-order valence-corrected chi connectivity index (χ4v) is 3.26. The van der Waals surface area contributed by atoms with Gasteiger partial charge in [0, 0.05) is 25.3 Å². The normalized spacial score (nSPS) is 19.5. The Bertz CT molecular complexity index is 1020. The van der Waals surface area contributed by atoms with E-state index in [4.69, 9.17) is 5.73 Å². The van der Waals surface area contributed by atoms with E-state index in [9.17, 15) is 8.78 Å². The monoisotopic (exact) mass is 344 g/mol. The Balaban J connectivity index is 0.00000196. The second-order valence-corrected chi connectivity index (χ2v) is 6.36. The van der Waals surface area contributed by atoms with Crippen LogP contribution in [0.2, 0.25) is 0 Å². The van der Waals surface area contributed by atoms with Crippen LogP contribution in [0.15, 0.2) is 35.6 Å². The zero-order valence-electron chi connectivity index (χ0n) is 13.7. The summed E-state index contributed by atoms with van der Waals surface area (Å²) in [4.78, 5) is 13.1. The highest BCUT2D eigenvalue weighted by molar-refractivity contribution is 5.99. The van der Waals surface area contributed by atoms with Gasteiger partial charge in [-0.2, -0.15) is 0 Å². The molecule has 0 radical (unpaired) electrons. The van der Waals surface area contributed by atoms with E-state index in [1.807, 2.05) is 18.2 Å². The molecule has 130 valence electrons. The second kappa shape index (κ2) is 5.30. The number of nitrogens with two attached hydrogens (primary N) is 1. The van der Waals surface area contributed by atoms with E-state index in [-0.39, 0.29) is 13.8 Å². The number of pyridine rings is 1. The van der Waals surface area contributed by atoms with Crippen molar-refractivity contribution in [2.45, 2.75) is 32.1 Å². The van der Waals surface area contributed by atoms with Crippen LogP contribution < -0.4 is 5.73 Å². The van der Waals surface area contributed by atoms with Crippen LogP contribution >= 0.6 is 0 Å². The van der Waals surface area contributed by atoms with Crippen molar-refractivity contribution < 1.29 is 10.2 Å². The van der Waals surface area contributed by atoms with Gasteiger partial charge in [-0.3, -0.25) is 4.99 Å². The fraction of sp³-hybridized carbons (Fsp3) is 0.294. The topological polar surface area (TPSA) is 81.5 Å². The summed E-state index contributed by atoms with van der Waals surface area (Å²) in [5.74, 6) is 0.171. The maximum absolute atomic E-state index is 13.1. The van der Waals surface area contributed by atoms with Crippen molar-refractivity contribution >= 4 is 22.9 Å². The average Bonchev–Trinajstić information content (AvgIpc) is 3.06. The minimum atomic E-state index is -2.43. The molecular formula is C17H18F2N6. The van der Waals surface area contributed by atoms with Gasteiger partial charge in [-0.05, 0) is 32.0 Å². The summed E-state index contributed by atoms with van der Waals surface area (Å²) in [7, 11) is 0. The van der Waals surface area contributed by atoms with Crippen molar-refractivity contribution in [2.75, 3.05) is 5.73 Å². The SMILES string of the molecule is CC1=Nc2ccc(-c3ccn4nc(N)ncc34)nc2C1(C)CC(F)F.[HH]. The molecule has 1 aliphatic rings. The standard InChI is InChI=1S/C17H16F2N6.H2/c1-9-17(2,7-14(18)19)15-12(22-9)4-3-11(23-15)10-5-6-25-13(10)8-21-16(20)24-25;/h3-6,8,14H,7H2,1-2H3,(H2,20,24);1H. The molecule has 3 aromatic rings. The Morgan fingerprint density at radius 3 is 2.88 bits per heavy atom. The fourth-order valence-electron chi connectivity index (χ4n) is 3.26. The molecule has 0 aliphatic carbocycles. The summed E-state index contributed by atoms with van der Waals surface area (Å²) >= 11 is 0. The summed E-state index contributed by atoms with van der Waals surface area (Å²) in [6.45, 7) is 3.54. The van der Waals surface area contributed by atoms with E-state index in [0.29, 0.717) is 22.8 Å². The van der Waals surface area contributed by atoms with Gasteiger partial charge >= 0.3 is 0 Å². The van der Waals surface area contributed by atoms with Gasteiger partial charge in [0.05, 0.1) is 34.2 Å². The smallest absolute Gasteiger partial charge is 0.239 e. The summed E-state index contributed by atoms with van der Waals surface area (Å²) < 4.78 is 27.8. The van der Waals surface area contributed by atoms with E-state index >= 15 is 0 Å². The molecular weight excluding hydrogens is 326 g/mol. The molecule has 0 fully saturated rings. The highest BCUT2D eigenvalue weighted by atomic mass is 19.3. The lowest BCUT2D eigenvalue weighted by Crippen LogP contribution is -2.31. The molecule has 0 aromatic carbocycles. The van der Waals surface area contributed by atoms with E-state index < -0.39 is 11.8 Å². The zero-order chi connectivity index (χ0) is 17.8. The number of hydrogen-bond acceptors (Lipinski definition) is 5. The molecule has 0 bridgehead atoms. The molecule has 1 unspecified atom stereocenters. The van der Waals surface area contributed by atoms with Gasteiger partial charge in [0.25, 0.3) is 0 Å². The number of alkyl halides is 2. The quantitative estimate of drug-likeness (QED) is 0.786. The molecule has 0 amide bonds. The van der Waals surface area contributed by atoms with Gasteiger partial charge in [-0.15, -0.1) is 5.10 Å². The predicted molar refractivity (Wildman–Crippen MR) is 93.5 cm³/mol. The summed E-state index contributed by atoms with van der Waals surface area (Å²) in [5.41, 5.74) is 8.84. The number of halogens is 2. The molecule has 2 N–H and O–H groups in total. The van der Waals surface area contributed by atoms with Gasteiger partial charge in [0.2, 0.25) is 12.4 Å². The summed E-state index contributed by atoms with van der Waals surface area (Å²) in [5, 5.41) is 4.11. The molecule has 8 heteroatoms. The lowest BCUT2D eigenvalue weighted by atomic mass is 9.80. The van der Waals surface area contributed by atoms with Crippen LogP contribution in [0.5, 0.6) is 0 Å². The molecule has 3 aromatic heterocycles. The van der Waals surface area contributed by atoms with Crippen molar-refractivity contribution in [1.82, 2.24) is 19.6 Å². The first-order valence-electron chi connectivity index (χ1n) is 7.84. The lowest BCUT2D eigenvalue weighted by Gasteiger charge is -2.24. The zero-order valence-corrected chi connectivity index (χ0v) is 13.7. The predicted octanol–water partition coefficient (Wildman–Crippen LogP) is 3.64. The van der Waals surface area contributed by atoms with Crippen molar-refractivity contribution in [1.29, 1.82) is 0 Å². The van der Waals surface area contributed by atoms with Crippen LogP contribution in [0.1, 0.15) is 27.4 Å². The molecule has 1 atom stereocenters. The Labute approximate surface area is 143 Å². The van der Waals surface area contributed by atoms with Crippen LogP contribution in [0.3, 0.4) is 0 Å². The molecule has 4 heterocycles. The van der Waals surface area contributed by atoms with Crippen molar-refractivity contribution in [3.63, 3.8) is 0 Å². The number of aliphatic imine (C=N–C) groups is 1. The molecule has 25 heavy (non-hydrogen) atoms. The number of rotatable bonds is 3. The number of nitrogens with zero attached hydrogens (tertiary/aromatic N) is 5. The molecule has 0 spiro atoms. The van der Waals surface area contributed by atoms with Gasteiger partial charge in [0.1, 0.15) is 0 Å². The minimum absolute atomic E-state index is 0. The summed E-state index contributed by atoms with van der Waals surface area (Å²) in [6, 6.07) is 5.50. The number of hydrogen-bond donors (Lipinski definition) is 1. The second-order valence-electron chi connectivity index (χ2n) is 6.36. The highest BCUT2D eigenvalue weighted by Gasteiger charge is 2.41. The Hall–Kier alpha value is -2.90. The van der Waals surface area contributed by atoms with Crippen molar-refractivity contribution in [3.05, 3.63) is 36.3 Å².